The van der Waals surface area contributed by atoms with Crippen LogP contribution in [0.15, 0.2) is 59.8 Å². The molecule has 0 saturated heterocycles. The smallest absolute Gasteiger partial charge is 0.207 e. The average Bonchev–Trinajstić information content (AvgIpc) is 3.30. The molecule has 4 rings (SSSR count). The maximum atomic E-state index is 13.1. The van der Waals surface area contributed by atoms with Crippen molar-refractivity contribution in [2.75, 3.05) is 0 Å². The van der Waals surface area contributed by atoms with E-state index in [2.05, 4.69) is 31.1 Å². The number of tetrazole rings is 2. The first-order valence-electron chi connectivity index (χ1n) is 7.31. The Hall–Kier alpha value is -3.14. The van der Waals surface area contributed by atoms with Gasteiger partial charge in [0.15, 0.2) is 5.82 Å². The zero-order valence-electron chi connectivity index (χ0n) is 12.8. The molecule has 25 heavy (non-hydrogen) atoms. The van der Waals surface area contributed by atoms with Crippen molar-refractivity contribution in [1.29, 1.82) is 0 Å². The summed E-state index contributed by atoms with van der Waals surface area (Å²) in [5.41, 5.74) is 1.55. The van der Waals surface area contributed by atoms with Crippen LogP contribution >= 0.6 is 11.8 Å². The molecule has 0 fully saturated rings. The van der Waals surface area contributed by atoms with Crippen molar-refractivity contribution in [2.24, 2.45) is 0 Å². The van der Waals surface area contributed by atoms with E-state index in [1.54, 1.807) is 21.5 Å². The van der Waals surface area contributed by atoms with Crippen molar-refractivity contribution in [3.05, 3.63) is 66.2 Å². The Balaban J connectivity index is 1.55. The predicted molar refractivity (Wildman–Crippen MR) is 87.8 cm³/mol. The molecule has 0 saturated carbocycles. The Morgan fingerprint density at radius 2 is 1.48 bits per heavy atom. The Morgan fingerprint density at radius 3 is 2.28 bits per heavy atom. The van der Waals surface area contributed by atoms with Crippen molar-refractivity contribution in [2.45, 2.75) is 10.9 Å². The predicted octanol–water partition coefficient (Wildman–Crippen LogP) is 2.07. The highest BCUT2D eigenvalue weighted by atomic mass is 32.2. The molecule has 0 N–H and O–H groups in total. The molecule has 10 heteroatoms. The van der Waals surface area contributed by atoms with E-state index in [0.29, 0.717) is 22.4 Å². The maximum absolute atomic E-state index is 13.1. The maximum Gasteiger partial charge on any atom is 0.214 e. The fraction of sp³-hybridized carbons (Fsp3) is 0.0667. The highest BCUT2D eigenvalue weighted by Crippen LogP contribution is 2.22. The van der Waals surface area contributed by atoms with Gasteiger partial charge in [-0.15, -0.1) is 10.2 Å². The lowest BCUT2D eigenvalue weighted by atomic mass is 10.3. The fourth-order valence-electron chi connectivity index (χ4n) is 2.21. The molecular formula is C15H11FN8S. The summed E-state index contributed by atoms with van der Waals surface area (Å²) in [5.74, 6) is 0.756. The Kier molecular flexibility index (Phi) is 4.17. The molecule has 124 valence electrons. The van der Waals surface area contributed by atoms with E-state index >= 15 is 0 Å². The Morgan fingerprint density at radius 1 is 0.800 bits per heavy atom. The highest BCUT2D eigenvalue weighted by molar-refractivity contribution is 7.98. The lowest BCUT2D eigenvalue weighted by molar-refractivity contribution is 0.626. The lowest BCUT2D eigenvalue weighted by Crippen LogP contribution is -2.03. The first-order valence-corrected chi connectivity index (χ1v) is 8.29. The minimum Gasteiger partial charge on any atom is -0.207 e. The van der Waals surface area contributed by atoms with Crippen LogP contribution in [-0.4, -0.2) is 40.4 Å². The molecule has 0 aliphatic heterocycles. The molecule has 2 aromatic carbocycles. The summed E-state index contributed by atoms with van der Waals surface area (Å²) in [6.07, 6.45) is 0. The van der Waals surface area contributed by atoms with Gasteiger partial charge in [-0.2, -0.15) is 9.36 Å². The van der Waals surface area contributed by atoms with Crippen LogP contribution in [0.25, 0.3) is 11.4 Å². The second kappa shape index (κ2) is 6.77. The number of hydrogen-bond acceptors (Lipinski definition) is 7. The summed E-state index contributed by atoms with van der Waals surface area (Å²) in [6, 6.07) is 15.6. The van der Waals surface area contributed by atoms with Gasteiger partial charge in [-0.3, -0.25) is 0 Å². The van der Waals surface area contributed by atoms with E-state index in [9.17, 15) is 4.39 Å². The van der Waals surface area contributed by atoms with Crippen LogP contribution in [0, 0.1) is 5.82 Å². The van der Waals surface area contributed by atoms with Crippen LogP contribution in [0.4, 0.5) is 4.39 Å². The second-order valence-electron chi connectivity index (χ2n) is 4.98. The molecule has 0 amide bonds. The normalized spacial score (nSPS) is 10.9. The second-order valence-corrected chi connectivity index (χ2v) is 5.92. The van der Waals surface area contributed by atoms with E-state index < -0.39 is 0 Å². The standard InChI is InChI=1S/C15H11FN8S/c16-11-6-8-13(9-7-11)23-14(17-19-21-23)10-25-15-18-20-22-24(15)12-4-2-1-3-5-12/h1-9H,10H2. The van der Waals surface area contributed by atoms with E-state index in [-0.39, 0.29) is 5.82 Å². The minimum absolute atomic E-state index is 0.310. The zero-order valence-corrected chi connectivity index (χ0v) is 13.6. The van der Waals surface area contributed by atoms with Crippen LogP contribution in [0.2, 0.25) is 0 Å². The monoisotopic (exact) mass is 354 g/mol. The molecule has 0 radical (unpaired) electrons. The lowest BCUT2D eigenvalue weighted by Gasteiger charge is -2.05. The first kappa shape index (κ1) is 15.4. The molecule has 0 spiro atoms. The number of nitrogens with zero attached hydrogens (tertiary/aromatic N) is 8. The summed E-state index contributed by atoms with van der Waals surface area (Å²) < 4.78 is 16.3. The molecule has 2 heterocycles. The van der Waals surface area contributed by atoms with Gasteiger partial charge in [0, 0.05) is 0 Å². The molecule has 0 unspecified atom stereocenters. The van der Waals surface area contributed by atoms with Crippen LogP contribution in [0.5, 0.6) is 0 Å². The molecule has 0 atom stereocenters. The first-order chi connectivity index (χ1) is 12.3. The van der Waals surface area contributed by atoms with Crippen LogP contribution < -0.4 is 0 Å². The van der Waals surface area contributed by atoms with Gasteiger partial charge < -0.3 is 0 Å². The zero-order chi connectivity index (χ0) is 17.1. The fourth-order valence-corrected chi connectivity index (χ4v) is 3.00. The Bertz CT molecular complexity index is 967. The third kappa shape index (κ3) is 3.24. The number of aromatic nitrogens is 8. The number of rotatable bonds is 5. The molecule has 0 aliphatic carbocycles. The quantitative estimate of drug-likeness (QED) is 0.507. The highest BCUT2D eigenvalue weighted by Gasteiger charge is 2.13. The van der Waals surface area contributed by atoms with Gasteiger partial charge in [0.25, 0.3) is 0 Å². The Labute approximate surface area is 145 Å². The summed E-state index contributed by atoms with van der Waals surface area (Å²) in [6.45, 7) is 0. The van der Waals surface area contributed by atoms with E-state index in [4.69, 9.17) is 0 Å². The van der Waals surface area contributed by atoms with Crippen LogP contribution in [0.3, 0.4) is 0 Å². The van der Waals surface area contributed by atoms with Crippen LogP contribution in [0.1, 0.15) is 5.82 Å². The molecule has 0 bridgehead atoms. The van der Waals surface area contributed by atoms with Crippen molar-refractivity contribution in [3.63, 3.8) is 0 Å². The van der Waals surface area contributed by atoms with E-state index in [1.165, 1.54) is 23.9 Å². The summed E-state index contributed by atoms with van der Waals surface area (Å²) in [7, 11) is 0. The van der Waals surface area contributed by atoms with Crippen molar-refractivity contribution >= 4 is 11.8 Å². The molecule has 2 aromatic heterocycles. The van der Waals surface area contributed by atoms with Gasteiger partial charge in [0.1, 0.15) is 5.82 Å². The molecular weight excluding hydrogens is 343 g/mol. The van der Waals surface area contributed by atoms with E-state index in [1.807, 2.05) is 30.3 Å². The topological polar surface area (TPSA) is 87.2 Å². The summed E-state index contributed by atoms with van der Waals surface area (Å²) >= 11 is 1.41. The summed E-state index contributed by atoms with van der Waals surface area (Å²) in [4.78, 5) is 0. The van der Waals surface area contributed by atoms with E-state index in [0.717, 1.165) is 5.69 Å². The number of thioether (sulfide) groups is 1. The largest absolute Gasteiger partial charge is 0.214 e. The van der Waals surface area contributed by atoms with Gasteiger partial charge in [-0.25, -0.2) is 4.39 Å². The van der Waals surface area contributed by atoms with Gasteiger partial charge in [0.2, 0.25) is 5.16 Å². The number of hydrogen-bond donors (Lipinski definition) is 0. The number of para-hydroxylation sites is 1. The van der Waals surface area contributed by atoms with Gasteiger partial charge in [-0.05, 0) is 57.3 Å². The molecule has 4 aromatic rings. The number of benzene rings is 2. The number of halogens is 1. The minimum atomic E-state index is -0.310. The van der Waals surface area contributed by atoms with Crippen LogP contribution in [-0.2, 0) is 5.75 Å². The van der Waals surface area contributed by atoms with Crippen molar-refractivity contribution in [3.8, 4) is 11.4 Å². The molecule has 8 nitrogen and oxygen atoms in total. The van der Waals surface area contributed by atoms with Crippen molar-refractivity contribution in [1.82, 2.24) is 40.4 Å². The van der Waals surface area contributed by atoms with Crippen molar-refractivity contribution < 1.29 is 4.39 Å². The molecule has 0 aliphatic rings. The third-order valence-electron chi connectivity index (χ3n) is 3.38. The third-order valence-corrected chi connectivity index (χ3v) is 4.29. The van der Waals surface area contributed by atoms with Gasteiger partial charge >= 0.3 is 0 Å². The van der Waals surface area contributed by atoms with Gasteiger partial charge in [0.05, 0.1) is 17.1 Å². The average molecular weight is 354 g/mol. The summed E-state index contributed by atoms with van der Waals surface area (Å²) in [5, 5.41) is 24.1. The van der Waals surface area contributed by atoms with Gasteiger partial charge in [-0.1, -0.05) is 30.0 Å². The SMILES string of the molecule is Fc1ccc(-n2nnnc2CSc2nnnn2-c2ccccc2)cc1.